The molecule has 170 valence electrons. The van der Waals surface area contributed by atoms with Gasteiger partial charge in [0.2, 0.25) is 0 Å². The first-order valence-corrected chi connectivity index (χ1v) is 10.9. The first-order valence-electron chi connectivity index (χ1n) is 10.4. The first kappa shape index (κ1) is 23.9. The van der Waals surface area contributed by atoms with Gasteiger partial charge >= 0.3 is 0 Å². The first-order chi connectivity index (χ1) is 16.0. The molecule has 0 fully saturated rings. The minimum absolute atomic E-state index is 0.134. The van der Waals surface area contributed by atoms with Crippen molar-refractivity contribution < 1.29 is 19.1 Å². The Bertz CT molecular complexity index is 1110. The summed E-state index contributed by atoms with van der Waals surface area (Å²) in [4.78, 5) is 24.9. The number of ether oxygens (including phenoxy) is 2. The lowest BCUT2D eigenvalue weighted by molar-refractivity contribution is 0.0975. The fourth-order valence-corrected chi connectivity index (χ4v) is 3.11. The summed E-state index contributed by atoms with van der Waals surface area (Å²) in [7, 11) is 0. The number of benzene rings is 3. The fraction of sp³-hybridized carbons (Fsp3) is 0.160. The maximum atomic E-state index is 12.6. The van der Waals surface area contributed by atoms with Crippen LogP contribution in [0, 0.1) is 0 Å². The molecular formula is C25H25N3O4S. The number of carbonyl (C=O) groups excluding carboxylic acids is 2. The van der Waals surface area contributed by atoms with Crippen LogP contribution in [0.5, 0.6) is 5.75 Å². The number of nitrogens with one attached hydrogen (secondary N) is 3. The summed E-state index contributed by atoms with van der Waals surface area (Å²) in [5, 5.41) is 8.58. The molecule has 0 saturated carbocycles. The van der Waals surface area contributed by atoms with E-state index in [1.165, 1.54) is 0 Å². The molecule has 3 N–H and O–H groups in total. The highest BCUT2D eigenvalue weighted by Gasteiger charge is 2.10. The molecule has 3 rings (SSSR count). The van der Waals surface area contributed by atoms with Crippen molar-refractivity contribution in [3.63, 3.8) is 0 Å². The van der Waals surface area contributed by atoms with Gasteiger partial charge in [0.25, 0.3) is 11.8 Å². The summed E-state index contributed by atoms with van der Waals surface area (Å²) in [5.41, 5.74) is 2.19. The number of thiocarbonyl (C=S) groups is 1. The average Bonchev–Trinajstić information content (AvgIpc) is 2.83. The molecule has 0 radical (unpaired) electrons. The minimum Gasteiger partial charge on any atom is -0.491 e. The lowest BCUT2D eigenvalue weighted by Gasteiger charge is -2.12. The van der Waals surface area contributed by atoms with Crippen LogP contribution >= 0.6 is 12.2 Å². The number of amides is 2. The van der Waals surface area contributed by atoms with Crippen LogP contribution in [-0.4, -0.2) is 36.7 Å². The van der Waals surface area contributed by atoms with E-state index in [0.29, 0.717) is 48.1 Å². The van der Waals surface area contributed by atoms with Crippen LogP contribution in [0.4, 0.5) is 11.4 Å². The topological polar surface area (TPSA) is 88.7 Å². The van der Waals surface area contributed by atoms with Crippen molar-refractivity contribution in [3.8, 4) is 5.75 Å². The molecule has 7 nitrogen and oxygen atoms in total. The van der Waals surface area contributed by atoms with Gasteiger partial charge in [-0.3, -0.25) is 14.9 Å². The van der Waals surface area contributed by atoms with Crippen LogP contribution < -0.4 is 20.7 Å². The Kier molecular flexibility index (Phi) is 8.93. The normalized spacial score (nSPS) is 10.2. The monoisotopic (exact) mass is 463 g/mol. The highest BCUT2D eigenvalue weighted by Crippen LogP contribution is 2.17. The molecule has 2 amide bonds. The second kappa shape index (κ2) is 12.3. The Balaban J connectivity index is 1.55. The van der Waals surface area contributed by atoms with Crippen LogP contribution in [0.15, 0.2) is 78.9 Å². The van der Waals surface area contributed by atoms with E-state index in [1.807, 2.05) is 13.0 Å². The lowest BCUT2D eigenvalue weighted by Crippen LogP contribution is -2.34. The summed E-state index contributed by atoms with van der Waals surface area (Å²) in [6.07, 6.45) is 0. The Morgan fingerprint density at radius 3 is 2.24 bits per heavy atom. The molecule has 0 heterocycles. The molecule has 0 saturated heterocycles. The standard InChI is InChI=1S/C25H25N3O4S/c1-2-31-14-15-32-22-13-6-10-19(16-22)24(30)28-25(33)27-21-12-7-11-20(17-21)26-23(29)18-8-4-3-5-9-18/h3-13,16-17H,2,14-15H2,1H3,(H,26,29)(H2,27,28,30,33). The molecule has 0 aromatic heterocycles. The van der Waals surface area contributed by atoms with Crippen molar-refractivity contribution in [2.24, 2.45) is 0 Å². The van der Waals surface area contributed by atoms with E-state index in [9.17, 15) is 9.59 Å². The molecule has 0 spiro atoms. The zero-order valence-electron chi connectivity index (χ0n) is 18.2. The third-order valence-corrected chi connectivity index (χ3v) is 4.64. The van der Waals surface area contributed by atoms with Gasteiger partial charge in [0.05, 0.1) is 6.61 Å². The second-order valence-electron chi connectivity index (χ2n) is 6.88. The van der Waals surface area contributed by atoms with Crippen molar-refractivity contribution in [2.45, 2.75) is 6.92 Å². The summed E-state index contributed by atoms with van der Waals surface area (Å²) >= 11 is 5.27. The van der Waals surface area contributed by atoms with Crippen LogP contribution in [0.25, 0.3) is 0 Å². The van der Waals surface area contributed by atoms with E-state index >= 15 is 0 Å². The zero-order valence-corrected chi connectivity index (χ0v) is 19.0. The van der Waals surface area contributed by atoms with E-state index in [4.69, 9.17) is 21.7 Å². The molecule has 0 unspecified atom stereocenters. The van der Waals surface area contributed by atoms with Crippen molar-refractivity contribution in [1.82, 2.24) is 5.32 Å². The highest BCUT2D eigenvalue weighted by atomic mass is 32.1. The van der Waals surface area contributed by atoms with Gasteiger partial charge in [0.1, 0.15) is 12.4 Å². The number of carbonyl (C=O) groups is 2. The van der Waals surface area contributed by atoms with Crippen molar-refractivity contribution in [2.75, 3.05) is 30.5 Å². The Labute approximate surface area is 198 Å². The summed E-state index contributed by atoms with van der Waals surface area (Å²) in [6.45, 7) is 3.42. The molecule has 0 aliphatic carbocycles. The van der Waals surface area contributed by atoms with Gasteiger partial charge in [-0.15, -0.1) is 0 Å². The van der Waals surface area contributed by atoms with E-state index in [-0.39, 0.29) is 16.9 Å². The fourth-order valence-electron chi connectivity index (χ4n) is 2.90. The third kappa shape index (κ3) is 7.71. The summed E-state index contributed by atoms with van der Waals surface area (Å²) in [6, 6.07) is 22.8. The second-order valence-corrected chi connectivity index (χ2v) is 7.29. The molecule has 0 atom stereocenters. The van der Waals surface area contributed by atoms with Gasteiger partial charge in [-0.05, 0) is 67.7 Å². The average molecular weight is 464 g/mol. The quantitative estimate of drug-likeness (QED) is 0.320. The molecular weight excluding hydrogens is 438 g/mol. The van der Waals surface area contributed by atoms with Crippen molar-refractivity contribution >= 4 is 40.5 Å². The molecule has 0 aliphatic heterocycles. The van der Waals surface area contributed by atoms with Gasteiger partial charge in [0, 0.05) is 29.1 Å². The Hall–Kier alpha value is -3.75. The molecule has 3 aromatic rings. The Morgan fingerprint density at radius 1 is 0.788 bits per heavy atom. The van der Waals surface area contributed by atoms with Gasteiger partial charge in [-0.2, -0.15) is 0 Å². The number of hydrogen-bond acceptors (Lipinski definition) is 5. The number of rotatable bonds is 9. The highest BCUT2D eigenvalue weighted by molar-refractivity contribution is 7.80. The lowest BCUT2D eigenvalue weighted by atomic mass is 10.2. The van der Waals surface area contributed by atoms with Gasteiger partial charge in [0.15, 0.2) is 5.11 Å². The van der Waals surface area contributed by atoms with Crippen LogP contribution in [0.1, 0.15) is 27.6 Å². The van der Waals surface area contributed by atoms with E-state index in [2.05, 4.69) is 16.0 Å². The molecule has 0 aliphatic rings. The van der Waals surface area contributed by atoms with Crippen molar-refractivity contribution in [1.29, 1.82) is 0 Å². The minimum atomic E-state index is -0.365. The predicted octanol–water partition coefficient (Wildman–Crippen LogP) is 4.48. The third-order valence-electron chi connectivity index (χ3n) is 4.44. The molecule has 33 heavy (non-hydrogen) atoms. The van der Waals surface area contributed by atoms with E-state index in [1.54, 1.807) is 72.8 Å². The Morgan fingerprint density at radius 2 is 1.48 bits per heavy atom. The molecule has 8 heteroatoms. The van der Waals surface area contributed by atoms with Gasteiger partial charge in [-0.25, -0.2) is 0 Å². The molecule has 0 bridgehead atoms. The zero-order chi connectivity index (χ0) is 23.5. The van der Waals surface area contributed by atoms with Crippen molar-refractivity contribution in [3.05, 3.63) is 90.0 Å². The van der Waals surface area contributed by atoms with E-state index in [0.717, 1.165) is 0 Å². The maximum Gasteiger partial charge on any atom is 0.257 e. The SMILES string of the molecule is CCOCCOc1cccc(C(=O)NC(=S)Nc2cccc(NC(=O)c3ccccc3)c2)c1. The number of hydrogen-bond donors (Lipinski definition) is 3. The van der Waals surface area contributed by atoms with Gasteiger partial charge in [-0.1, -0.05) is 30.3 Å². The maximum absolute atomic E-state index is 12.6. The van der Waals surface area contributed by atoms with E-state index < -0.39 is 0 Å². The summed E-state index contributed by atoms with van der Waals surface area (Å²) < 4.78 is 10.8. The number of anilines is 2. The smallest absolute Gasteiger partial charge is 0.257 e. The molecule has 3 aromatic carbocycles. The largest absolute Gasteiger partial charge is 0.491 e. The predicted molar refractivity (Wildman–Crippen MR) is 133 cm³/mol. The van der Waals surface area contributed by atoms with Crippen LogP contribution in [0.3, 0.4) is 0 Å². The van der Waals surface area contributed by atoms with Crippen LogP contribution in [0.2, 0.25) is 0 Å². The van der Waals surface area contributed by atoms with Gasteiger partial charge < -0.3 is 20.1 Å². The van der Waals surface area contributed by atoms with Crippen LogP contribution in [-0.2, 0) is 4.74 Å². The summed E-state index contributed by atoms with van der Waals surface area (Å²) in [5.74, 6) is -0.00799.